The molecule has 2 aromatic rings. The Morgan fingerprint density at radius 3 is 2.34 bits per heavy atom. The Morgan fingerprint density at radius 1 is 1.14 bits per heavy atom. The highest BCUT2D eigenvalue weighted by atomic mass is 32.1. The van der Waals surface area contributed by atoms with Gasteiger partial charge in [0.25, 0.3) is 0 Å². The number of thiophene rings is 2. The highest BCUT2D eigenvalue weighted by Crippen LogP contribution is 2.34. The molecule has 0 aliphatic carbocycles. The summed E-state index contributed by atoms with van der Waals surface area (Å²) in [7, 11) is 0. The number of nitrogens with zero attached hydrogens (tertiary/aromatic N) is 1. The summed E-state index contributed by atoms with van der Waals surface area (Å²) in [5, 5.41) is 18.7. The summed E-state index contributed by atoms with van der Waals surface area (Å²) in [4.78, 5) is 2.37. The van der Waals surface area contributed by atoms with Gasteiger partial charge in [-0.05, 0) is 76.5 Å². The molecule has 3 rings (SSSR count). The molecule has 1 N–H and O–H groups in total. The van der Waals surface area contributed by atoms with Gasteiger partial charge >= 0.3 is 0 Å². The third kappa shape index (κ3) is 6.74. The predicted octanol–water partition coefficient (Wildman–Crippen LogP) is 5.60. The van der Waals surface area contributed by atoms with Crippen molar-refractivity contribution in [3.63, 3.8) is 0 Å². The van der Waals surface area contributed by atoms with Crippen molar-refractivity contribution in [1.82, 2.24) is 4.90 Å². The summed E-state index contributed by atoms with van der Waals surface area (Å²) < 4.78 is 11.4. The lowest BCUT2D eigenvalue weighted by molar-refractivity contribution is -0.146. The first-order valence-corrected chi connectivity index (χ1v) is 12.5. The van der Waals surface area contributed by atoms with Gasteiger partial charge in [0.2, 0.25) is 0 Å². The second-order valence-electron chi connectivity index (χ2n) is 7.59. The Morgan fingerprint density at radius 2 is 1.79 bits per heavy atom. The second kappa shape index (κ2) is 12.0. The molecule has 2 atom stereocenters. The van der Waals surface area contributed by atoms with E-state index in [1.54, 1.807) is 28.2 Å². The van der Waals surface area contributed by atoms with E-state index in [0.717, 1.165) is 45.2 Å². The lowest BCUT2D eigenvalue weighted by Gasteiger charge is -2.34. The summed E-state index contributed by atoms with van der Waals surface area (Å²) in [5.74, 6) is 0. The van der Waals surface area contributed by atoms with E-state index in [4.69, 9.17) is 9.47 Å². The molecule has 1 saturated heterocycles. The standard InChI is InChI=1S/C23H33NO3S2/c1-3-4-5-22(25)14-26-17-27-18(2)24-10-6-19(7-11-24)23(20-8-12-28-15-20)21-9-13-29-16-21/h8-9,12-13,15-16,18,22,25H,3-7,10-11,14,17H2,1-2H3. The molecule has 0 amide bonds. The third-order valence-electron chi connectivity index (χ3n) is 5.48. The molecule has 0 bridgehead atoms. The fourth-order valence-electron chi connectivity index (χ4n) is 3.76. The zero-order valence-corrected chi connectivity index (χ0v) is 19.1. The zero-order valence-electron chi connectivity index (χ0n) is 17.5. The fourth-order valence-corrected chi connectivity index (χ4v) is 5.05. The highest BCUT2D eigenvalue weighted by molar-refractivity contribution is 7.08. The molecule has 3 heterocycles. The average molecular weight is 436 g/mol. The maximum Gasteiger partial charge on any atom is 0.148 e. The average Bonchev–Trinajstić information content (AvgIpc) is 3.45. The van der Waals surface area contributed by atoms with Gasteiger partial charge in [-0.1, -0.05) is 25.3 Å². The minimum Gasteiger partial charge on any atom is -0.391 e. The molecule has 0 spiro atoms. The summed E-state index contributed by atoms with van der Waals surface area (Å²) in [6.07, 6.45) is 4.68. The SMILES string of the molecule is CCCCC(O)COCOC(C)N1CCC(=C(c2ccsc2)c2ccsc2)CC1. The van der Waals surface area contributed by atoms with Crippen molar-refractivity contribution in [1.29, 1.82) is 0 Å². The van der Waals surface area contributed by atoms with Crippen LogP contribution in [0.25, 0.3) is 5.57 Å². The van der Waals surface area contributed by atoms with E-state index in [-0.39, 0.29) is 19.1 Å². The van der Waals surface area contributed by atoms with Crippen molar-refractivity contribution in [2.45, 2.75) is 58.3 Å². The molecule has 2 aromatic heterocycles. The van der Waals surface area contributed by atoms with Crippen LogP contribution in [0.1, 0.15) is 57.1 Å². The van der Waals surface area contributed by atoms with E-state index in [9.17, 15) is 5.11 Å². The van der Waals surface area contributed by atoms with Crippen LogP contribution in [0.2, 0.25) is 0 Å². The smallest absolute Gasteiger partial charge is 0.148 e. The minimum atomic E-state index is -0.385. The lowest BCUT2D eigenvalue weighted by Crippen LogP contribution is -2.40. The first-order valence-electron chi connectivity index (χ1n) is 10.6. The molecule has 1 aliphatic heterocycles. The number of hydrogen-bond donors (Lipinski definition) is 1. The van der Waals surface area contributed by atoms with E-state index >= 15 is 0 Å². The Bertz CT molecular complexity index is 681. The number of unbranched alkanes of at least 4 members (excludes halogenated alkanes) is 1. The molecule has 0 radical (unpaired) electrons. The van der Waals surface area contributed by atoms with Gasteiger partial charge in [-0.2, -0.15) is 22.7 Å². The van der Waals surface area contributed by atoms with Crippen molar-refractivity contribution in [2.24, 2.45) is 0 Å². The summed E-state index contributed by atoms with van der Waals surface area (Å²) in [6.45, 7) is 6.79. The van der Waals surface area contributed by atoms with Gasteiger partial charge < -0.3 is 14.6 Å². The van der Waals surface area contributed by atoms with Gasteiger partial charge in [-0.25, -0.2) is 0 Å². The lowest BCUT2D eigenvalue weighted by atomic mass is 9.91. The number of likely N-dealkylation sites (tertiary alicyclic amines) is 1. The monoisotopic (exact) mass is 435 g/mol. The number of ether oxygens (including phenoxy) is 2. The Balaban J connectivity index is 1.48. The van der Waals surface area contributed by atoms with E-state index in [1.165, 1.54) is 16.7 Å². The van der Waals surface area contributed by atoms with Gasteiger partial charge in [-0.15, -0.1) is 0 Å². The maximum absolute atomic E-state index is 9.84. The normalized spacial score (nSPS) is 17.4. The summed E-state index contributed by atoms with van der Waals surface area (Å²) in [6, 6.07) is 4.46. The van der Waals surface area contributed by atoms with Crippen LogP contribution in [-0.2, 0) is 9.47 Å². The Labute approximate surface area is 182 Å². The van der Waals surface area contributed by atoms with E-state index < -0.39 is 0 Å². The van der Waals surface area contributed by atoms with Gasteiger partial charge in [-0.3, -0.25) is 4.90 Å². The van der Waals surface area contributed by atoms with Gasteiger partial charge in [0.15, 0.2) is 0 Å². The predicted molar refractivity (Wildman–Crippen MR) is 122 cm³/mol. The molecule has 1 fully saturated rings. The number of hydrogen-bond acceptors (Lipinski definition) is 6. The first kappa shape index (κ1) is 22.7. The number of rotatable bonds is 11. The molecule has 0 aromatic carbocycles. The van der Waals surface area contributed by atoms with Crippen LogP contribution in [-0.4, -0.2) is 48.8 Å². The van der Waals surface area contributed by atoms with Gasteiger partial charge in [0.05, 0.1) is 12.7 Å². The minimum absolute atomic E-state index is 0.0232. The van der Waals surface area contributed by atoms with Crippen LogP contribution >= 0.6 is 22.7 Å². The van der Waals surface area contributed by atoms with Crippen molar-refractivity contribution >= 4 is 28.2 Å². The quantitative estimate of drug-likeness (QED) is 0.369. The molecule has 2 unspecified atom stereocenters. The Hall–Kier alpha value is -1.02. The van der Waals surface area contributed by atoms with Crippen LogP contribution in [0.5, 0.6) is 0 Å². The molecule has 160 valence electrons. The van der Waals surface area contributed by atoms with Crippen molar-refractivity contribution in [3.05, 3.63) is 50.4 Å². The molecule has 1 aliphatic rings. The highest BCUT2D eigenvalue weighted by Gasteiger charge is 2.23. The maximum atomic E-state index is 9.84. The molecule has 29 heavy (non-hydrogen) atoms. The van der Waals surface area contributed by atoms with Crippen LogP contribution in [0, 0.1) is 0 Å². The fraction of sp³-hybridized carbons (Fsp3) is 0.565. The van der Waals surface area contributed by atoms with Crippen LogP contribution in [0.15, 0.2) is 39.2 Å². The molecular formula is C23H33NO3S2. The Kier molecular flexibility index (Phi) is 9.36. The van der Waals surface area contributed by atoms with Crippen molar-refractivity contribution in [3.8, 4) is 0 Å². The zero-order chi connectivity index (χ0) is 20.5. The van der Waals surface area contributed by atoms with Crippen molar-refractivity contribution in [2.75, 3.05) is 26.5 Å². The van der Waals surface area contributed by atoms with Crippen LogP contribution in [0.4, 0.5) is 0 Å². The number of aliphatic hydroxyl groups excluding tert-OH is 1. The van der Waals surface area contributed by atoms with E-state index in [0.29, 0.717) is 6.61 Å². The molecule has 6 heteroatoms. The molecule has 0 saturated carbocycles. The van der Waals surface area contributed by atoms with E-state index in [1.807, 2.05) is 0 Å². The van der Waals surface area contributed by atoms with Crippen molar-refractivity contribution < 1.29 is 14.6 Å². The molecule has 4 nitrogen and oxygen atoms in total. The molecular weight excluding hydrogens is 402 g/mol. The largest absolute Gasteiger partial charge is 0.391 e. The first-order chi connectivity index (χ1) is 14.2. The summed E-state index contributed by atoms with van der Waals surface area (Å²) in [5.41, 5.74) is 5.65. The van der Waals surface area contributed by atoms with Crippen LogP contribution < -0.4 is 0 Å². The second-order valence-corrected chi connectivity index (χ2v) is 9.15. The third-order valence-corrected chi connectivity index (χ3v) is 6.85. The van der Waals surface area contributed by atoms with Gasteiger partial charge in [0.1, 0.15) is 13.0 Å². The van der Waals surface area contributed by atoms with Gasteiger partial charge in [0, 0.05) is 13.1 Å². The topological polar surface area (TPSA) is 41.9 Å². The number of aliphatic hydroxyl groups is 1. The number of piperidine rings is 1. The van der Waals surface area contributed by atoms with E-state index in [2.05, 4.69) is 52.4 Å². The summed E-state index contributed by atoms with van der Waals surface area (Å²) >= 11 is 3.52. The van der Waals surface area contributed by atoms with Crippen LogP contribution in [0.3, 0.4) is 0 Å².